The number of hydrogen-bond acceptors (Lipinski definition) is 0. The zero-order valence-corrected chi connectivity index (χ0v) is 6.14. The number of benzene rings is 1. The molecule has 0 unspecified atom stereocenters. The molecule has 1 aromatic rings. The predicted octanol–water partition coefficient (Wildman–Crippen LogP) is 2.44. The predicted molar refractivity (Wildman–Crippen MR) is 44.6 cm³/mol. The molecule has 52 valence electrons. The summed E-state index contributed by atoms with van der Waals surface area (Å²) in [6.45, 7) is 7.62. The van der Waals surface area contributed by atoms with Gasteiger partial charge in [-0.3, -0.25) is 0 Å². The van der Waals surface area contributed by atoms with Crippen LogP contribution in [0.3, 0.4) is 0 Å². The highest BCUT2D eigenvalue weighted by Crippen LogP contribution is 2.05. The van der Waals surface area contributed by atoms with E-state index in [2.05, 4.69) is 38.1 Å². The Morgan fingerprint density at radius 3 is 1.90 bits per heavy atom. The highest BCUT2D eigenvalue weighted by atomic mass is 13.9. The SMILES string of the molecule is [CH2]Cc1cccc(C[CH2])c1. The first-order chi connectivity index (χ1) is 4.86. The van der Waals surface area contributed by atoms with Crippen molar-refractivity contribution in [1.82, 2.24) is 0 Å². The van der Waals surface area contributed by atoms with Crippen LogP contribution in [-0.2, 0) is 12.8 Å². The molecule has 0 aliphatic heterocycles. The largest absolute Gasteiger partial charge is 0.0617 e. The second kappa shape index (κ2) is 3.40. The van der Waals surface area contributed by atoms with Crippen molar-refractivity contribution in [2.45, 2.75) is 12.8 Å². The van der Waals surface area contributed by atoms with Crippen LogP contribution < -0.4 is 0 Å². The maximum absolute atomic E-state index is 3.81. The van der Waals surface area contributed by atoms with E-state index < -0.39 is 0 Å². The lowest BCUT2D eigenvalue weighted by molar-refractivity contribution is 1.20. The smallest absolute Gasteiger partial charge is 0.0279 e. The van der Waals surface area contributed by atoms with E-state index in [9.17, 15) is 0 Å². The van der Waals surface area contributed by atoms with Crippen LogP contribution in [0.1, 0.15) is 11.1 Å². The van der Waals surface area contributed by atoms with Crippen molar-refractivity contribution in [1.29, 1.82) is 0 Å². The Bertz CT molecular complexity index is 182. The minimum atomic E-state index is 0.869. The molecule has 0 nitrogen and oxygen atoms in total. The average Bonchev–Trinajstić information content (AvgIpc) is 2.05. The van der Waals surface area contributed by atoms with Crippen molar-refractivity contribution in [3.63, 3.8) is 0 Å². The fraction of sp³-hybridized carbons (Fsp3) is 0.200. The molecule has 0 heteroatoms. The summed E-state index contributed by atoms with van der Waals surface area (Å²) >= 11 is 0. The Morgan fingerprint density at radius 2 is 1.50 bits per heavy atom. The molecule has 10 heavy (non-hydrogen) atoms. The minimum Gasteiger partial charge on any atom is -0.0617 e. The first-order valence-corrected chi connectivity index (χ1v) is 3.53. The van der Waals surface area contributed by atoms with Gasteiger partial charge in [0, 0.05) is 0 Å². The zero-order chi connectivity index (χ0) is 7.40. The summed E-state index contributed by atoms with van der Waals surface area (Å²) in [5, 5.41) is 0. The quantitative estimate of drug-likeness (QED) is 0.579. The van der Waals surface area contributed by atoms with Crippen LogP contribution in [-0.4, -0.2) is 0 Å². The van der Waals surface area contributed by atoms with Crippen molar-refractivity contribution in [3.05, 3.63) is 49.2 Å². The summed E-state index contributed by atoms with van der Waals surface area (Å²) in [6.07, 6.45) is 1.74. The normalized spacial score (nSPS) is 9.80. The summed E-state index contributed by atoms with van der Waals surface area (Å²) in [5.74, 6) is 0. The van der Waals surface area contributed by atoms with Gasteiger partial charge in [-0.2, -0.15) is 0 Å². The van der Waals surface area contributed by atoms with Gasteiger partial charge in [0.1, 0.15) is 0 Å². The van der Waals surface area contributed by atoms with Crippen LogP contribution in [0.2, 0.25) is 0 Å². The van der Waals surface area contributed by atoms with Crippen LogP contribution in [0.25, 0.3) is 0 Å². The van der Waals surface area contributed by atoms with Crippen molar-refractivity contribution in [2.24, 2.45) is 0 Å². The zero-order valence-electron chi connectivity index (χ0n) is 6.14. The monoisotopic (exact) mass is 132 g/mol. The lowest BCUT2D eigenvalue weighted by Gasteiger charge is -1.98. The van der Waals surface area contributed by atoms with Gasteiger partial charge < -0.3 is 0 Å². The Hall–Kier alpha value is -0.780. The fourth-order valence-electron chi connectivity index (χ4n) is 0.941. The van der Waals surface area contributed by atoms with Crippen LogP contribution in [0, 0.1) is 13.8 Å². The second-order valence-electron chi connectivity index (χ2n) is 2.32. The summed E-state index contributed by atoms with van der Waals surface area (Å²) < 4.78 is 0. The third kappa shape index (κ3) is 1.60. The molecule has 0 bridgehead atoms. The van der Waals surface area contributed by atoms with Crippen molar-refractivity contribution in [3.8, 4) is 0 Å². The van der Waals surface area contributed by atoms with Gasteiger partial charge in [0.05, 0.1) is 0 Å². The molecule has 0 saturated carbocycles. The summed E-state index contributed by atoms with van der Waals surface area (Å²) in [4.78, 5) is 0. The number of rotatable bonds is 2. The lowest BCUT2D eigenvalue weighted by atomic mass is 10.1. The maximum atomic E-state index is 3.81. The summed E-state index contributed by atoms with van der Waals surface area (Å²) in [6, 6.07) is 8.39. The molecule has 2 radical (unpaired) electrons. The standard InChI is InChI=1S/C10H12/c1-3-9-6-5-7-10(4-2)8-9/h5-8H,1-4H2. The molecule has 0 aliphatic rings. The molecule has 0 aromatic heterocycles. The third-order valence-corrected chi connectivity index (χ3v) is 1.57. The maximum Gasteiger partial charge on any atom is -0.0279 e. The van der Waals surface area contributed by atoms with Crippen LogP contribution in [0.15, 0.2) is 24.3 Å². The van der Waals surface area contributed by atoms with Gasteiger partial charge in [-0.05, 0) is 37.8 Å². The van der Waals surface area contributed by atoms with Crippen LogP contribution in [0.4, 0.5) is 0 Å². The lowest BCUT2D eigenvalue weighted by Crippen LogP contribution is -1.83. The molecule has 0 aliphatic carbocycles. The average molecular weight is 132 g/mol. The van der Waals surface area contributed by atoms with Gasteiger partial charge in [0.2, 0.25) is 0 Å². The molecule has 0 atom stereocenters. The van der Waals surface area contributed by atoms with Gasteiger partial charge in [0.15, 0.2) is 0 Å². The molecule has 0 spiro atoms. The van der Waals surface area contributed by atoms with Crippen LogP contribution in [0.5, 0.6) is 0 Å². The molecule has 0 fully saturated rings. The van der Waals surface area contributed by atoms with E-state index >= 15 is 0 Å². The van der Waals surface area contributed by atoms with E-state index in [0.29, 0.717) is 0 Å². The second-order valence-corrected chi connectivity index (χ2v) is 2.32. The molecule has 0 saturated heterocycles. The molecule has 0 heterocycles. The molecular weight excluding hydrogens is 120 g/mol. The Balaban J connectivity index is 2.87. The van der Waals surface area contributed by atoms with Crippen molar-refractivity contribution >= 4 is 0 Å². The molecule has 1 aromatic carbocycles. The van der Waals surface area contributed by atoms with E-state index in [1.807, 2.05) is 0 Å². The molecule has 0 amide bonds. The first-order valence-electron chi connectivity index (χ1n) is 3.53. The Kier molecular flexibility index (Phi) is 2.49. The van der Waals surface area contributed by atoms with Gasteiger partial charge in [-0.15, -0.1) is 0 Å². The summed E-state index contributed by atoms with van der Waals surface area (Å²) in [7, 11) is 0. The molecule has 0 N–H and O–H groups in total. The fourth-order valence-corrected chi connectivity index (χ4v) is 0.941. The Labute approximate surface area is 62.9 Å². The third-order valence-electron chi connectivity index (χ3n) is 1.57. The summed E-state index contributed by atoms with van der Waals surface area (Å²) in [5.41, 5.74) is 2.59. The number of hydrogen-bond donors (Lipinski definition) is 0. The van der Waals surface area contributed by atoms with Gasteiger partial charge >= 0.3 is 0 Å². The van der Waals surface area contributed by atoms with Gasteiger partial charge in [-0.1, -0.05) is 24.3 Å². The van der Waals surface area contributed by atoms with Crippen molar-refractivity contribution in [2.75, 3.05) is 0 Å². The van der Waals surface area contributed by atoms with E-state index in [-0.39, 0.29) is 0 Å². The van der Waals surface area contributed by atoms with E-state index in [0.717, 1.165) is 12.8 Å². The van der Waals surface area contributed by atoms with Crippen LogP contribution >= 0.6 is 0 Å². The van der Waals surface area contributed by atoms with Crippen molar-refractivity contribution < 1.29 is 0 Å². The van der Waals surface area contributed by atoms with E-state index in [1.54, 1.807) is 0 Å². The molecular formula is C10H12. The van der Waals surface area contributed by atoms with E-state index in [1.165, 1.54) is 11.1 Å². The topological polar surface area (TPSA) is 0 Å². The van der Waals surface area contributed by atoms with E-state index in [4.69, 9.17) is 0 Å². The minimum absolute atomic E-state index is 0.869. The molecule has 1 rings (SSSR count). The Morgan fingerprint density at radius 1 is 1.00 bits per heavy atom. The highest BCUT2D eigenvalue weighted by Gasteiger charge is 1.89. The van der Waals surface area contributed by atoms with Gasteiger partial charge in [-0.25, -0.2) is 0 Å². The first kappa shape index (κ1) is 7.33. The highest BCUT2D eigenvalue weighted by molar-refractivity contribution is 5.24. The van der Waals surface area contributed by atoms with Gasteiger partial charge in [0.25, 0.3) is 0 Å².